The number of ether oxygens (including phenoxy) is 2. The van der Waals surface area contributed by atoms with Gasteiger partial charge in [-0.05, 0) is 31.2 Å². The lowest BCUT2D eigenvalue weighted by Crippen LogP contribution is -2.44. The number of fused-ring (bicyclic) bond motifs is 3. The molecule has 0 radical (unpaired) electrons. The van der Waals surface area contributed by atoms with E-state index in [1.807, 2.05) is 28.8 Å². The van der Waals surface area contributed by atoms with Crippen molar-refractivity contribution in [2.24, 2.45) is 0 Å². The Morgan fingerprint density at radius 2 is 2.07 bits per heavy atom. The number of esters is 1. The molecule has 0 fully saturated rings. The number of amides is 2. The lowest BCUT2D eigenvalue weighted by molar-refractivity contribution is -0.141. The van der Waals surface area contributed by atoms with Crippen LogP contribution in [0.4, 0.5) is 4.79 Å². The molecular formula is C19H21N5O4S. The molecule has 0 bridgehead atoms. The van der Waals surface area contributed by atoms with E-state index in [0.29, 0.717) is 31.9 Å². The van der Waals surface area contributed by atoms with Crippen LogP contribution >= 0.6 is 11.3 Å². The third kappa shape index (κ3) is 3.88. The van der Waals surface area contributed by atoms with Gasteiger partial charge in [0.2, 0.25) is 4.96 Å². The molecule has 4 rings (SSSR count). The number of carbonyl (C=O) groups excluding carboxylic acids is 2. The smallest absolute Gasteiger partial charge is 0.325 e. The number of thiazole rings is 1. The van der Waals surface area contributed by atoms with Crippen molar-refractivity contribution in [3.8, 4) is 17.1 Å². The first-order valence-corrected chi connectivity index (χ1v) is 10.1. The number of hydrogen-bond acceptors (Lipinski definition) is 7. The van der Waals surface area contributed by atoms with Crippen molar-refractivity contribution in [3.05, 3.63) is 34.8 Å². The summed E-state index contributed by atoms with van der Waals surface area (Å²) < 4.78 is 11.9. The molecule has 0 spiro atoms. The van der Waals surface area contributed by atoms with E-state index in [4.69, 9.17) is 9.47 Å². The Hall–Kier alpha value is -3.14. The number of rotatable bonds is 5. The Morgan fingerprint density at radius 1 is 1.28 bits per heavy atom. The summed E-state index contributed by atoms with van der Waals surface area (Å²) in [5.41, 5.74) is 2.00. The SMILES string of the molecule is CCOC(=O)CNC(=O)N1CCc2c(sc3nc(-c4ccc(OC)cc4)nn23)C1. The van der Waals surface area contributed by atoms with Crippen molar-refractivity contribution in [3.63, 3.8) is 0 Å². The van der Waals surface area contributed by atoms with Gasteiger partial charge in [0.25, 0.3) is 0 Å². The highest BCUT2D eigenvalue weighted by Gasteiger charge is 2.26. The van der Waals surface area contributed by atoms with Crippen LogP contribution in [0.25, 0.3) is 16.3 Å². The van der Waals surface area contributed by atoms with E-state index in [9.17, 15) is 9.59 Å². The quantitative estimate of drug-likeness (QED) is 0.641. The summed E-state index contributed by atoms with van der Waals surface area (Å²) >= 11 is 1.53. The molecule has 2 amide bonds. The van der Waals surface area contributed by atoms with E-state index in [1.54, 1.807) is 18.9 Å². The second-order valence-corrected chi connectivity index (χ2v) is 7.53. The fraction of sp³-hybridized carbons (Fsp3) is 0.368. The zero-order valence-corrected chi connectivity index (χ0v) is 17.0. The average Bonchev–Trinajstić information content (AvgIpc) is 3.29. The molecule has 1 aliphatic rings. The molecule has 1 aromatic carbocycles. The monoisotopic (exact) mass is 415 g/mol. The zero-order chi connectivity index (χ0) is 20.4. The van der Waals surface area contributed by atoms with Gasteiger partial charge < -0.3 is 19.7 Å². The van der Waals surface area contributed by atoms with Gasteiger partial charge in [0.15, 0.2) is 5.82 Å². The Bertz CT molecular complexity index is 1040. The van der Waals surface area contributed by atoms with Crippen molar-refractivity contribution in [1.29, 1.82) is 0 Å². The molecule has 0 aliphatic carbocycles. The molecule has 152 valence electrons. The molecule has 10 heteroatoms. The third-order valence-electron chi connectivity index (χ3n) is 4.65. The molecule has 2 aromatic heterocycles. The first-order chi connectivity index (χ1) is 14.1. The molecule has 9 nitrogen and oxygen atoms in total. The van der Waals surface area contributed by atoms with Gasteiger partial charge in [0.1, 0.15) is 12.3 Å². The van der Waals surface area contributed by atoms with Crippen molar-refractivity contribution in [2.45, 2.75) is 19.9 Å². The molecule has 1 aliphatic heterocycles. The normalized spacial score (nSPS) is 13.2. The molecule has 0 unspecified atom stereocenters. The average molecular weight is 415 g/mol. The van der Waals surface area contributed by atoms with E-state index < -0.39 is 5.97 Å². The predicted molar refractivity (Wildman–Crippen MR) is 107 cm³/mol. The molecule has 0 saturated carbocycles. The maximum Gasteiger partial charge on any atom is 0.325 e. The van der Waals surface area contributed by atoms with E-state index in [2.05, 4.69) is 15.4 Å². The zero-order valence-electron chi connectivity index (χ0n) is 16.2. The molecule has 1 N–H and O–H groups in total. The molecule has 29 heavy (non-hydrogen) atoms. The van der Waals surface area contributed by atoms with Gasteiger partial charge >= 0.3 is 12.0 Å². The van der Waals surface area contributed by atoms with Gasteiger partial charge in [-0.3, -0.25) is 4.79 Å². The first kappa shape index (κ1) is 19.2. The number of aromatic nitrogens is 3. The molecular weight excluding hydrogens is 394 g/mol. The highest BCUT2D eigenvalue weighted by atomic mass is 32.1. The second kappa shape index (κ2) is 8.08. The summed E-state index contributed by atoms with van der Waals surface area (Å²) in [7, 11) is 1.63. The third-order valence-corrected chi connectivity index (χ3v) is 5.71. The van der Waals surface area contributed by atoms with E-state index in [0.717, 1.165) is 26.8 Å². The van der Waals surface area contributed by atoms with Crippen molar-refractivity contribution in [1.82, 2.24) is 24.8 Å². The second-order valence-electron chi connectivity index (χ2n) is 6.47. The summed E-state index contributed by atoms with van der Waals surface area (Å²) in [6, 6.07) is 7.35. The minimum atomic E-state index is -0.441. The molecule has 0 atom stereocenters. The molecule has 3 aromatic rings. The van der Waals surface area contributed by atoms with Crippen LogP contribution in [0, 0.1) is 0 Å². The van der Waals surface area contributed by atoms with Crippen molar-refractivity contribution in [2.75, 3.05) is 26.8 Å². The van der Waals surface area contributed by atoms with Gasteiger partial charge in [-0.25, -0.2) is 9.31 Å². The number of urea groups is 1. The number of benzene rings is 1. The topological polar surface area (TPSA) is 98.1 Å². The summed E-state index contributed by atoms with van der Waals surface area (Å²) in [4.78, 5) is 31.9. The Balaban J connectivity index is 1.47. The lowest BCUT2D eigenvalue weighted by Gasteiger charge is -2.26. The van der Waals surface area contributed by atoms with Crippen LogP contribution < -0.4 is 10.1 Å². The van der Waals surface area contributed by atoms with Crippen LogP contribution in [-0.2, 0) is 22.5 Å². The van der Waals surface area contributed by atoms with Gasteiger partial charge in [0, 0.05) is 23.4 Å². The van der Waals surface area contributed by atoms with Crippen LogP contribution in [0.5, 0.6) is 5.75 Å². The lowest BCUT2D eigenvalue weighted by atomic mass is 10.2. The van der Waals surface area contributed by atoms with E-state index >= 15 is 0 Å². The van der Waals surface area contributed by atoms with E-state index in [-0.39, 0.29) is 12.6 Å². The highest BCUT2D eigenvalue weighted by Crippen LogP contribution is 2.30. The van der Waals surface area contributed by atoms with E-state index in [1.165, 1.54) is 11.3 Å². The van der Waals surface area contributed by atoms with Crippen LogP contribution in [-0.4, -0.2) is 58.3 Å². The van der Waals surface area contributed by atoms with Gasteiger partial charge in [-0.2, -0.15) is 4.98 Å². The maximum absolute atomic E-state index is 12.3. The summed E-state index contributed by atoms with van der Waals surface area (Å²) in [5, 5.41) is 7.26. The van der Waals surface area contributed by atoms with Crippen LogP contribution in [0.3, 0.4) is 0 Å². The Morgan fingerprint density at radius 3 is 2.79 bits per heavy atom. The number of methoxy groups -OCH3 is 1. The predicted octanol–water partition coefficient (Wildman–Crippen LogP) is 2.10. The fourth-order valence-electron chi connectivity index (χ4n) is 3.20. The van der Waals surface area contributed by atoms with Gasteiger partial charge in [0.05, 0.1) is 26.0 Å². The largest absolute Gasteiger partial charge is 0.497 e. The molecule has 3 heterocycles. The minimum absolute atomic E-state index is 0.128. The maximum atomic E-state index is 12.3. The standard InChI is InChI=1S/C19H21N5O4S/c1-3-28-16(25)10-20-18(26)23-9-8-14-15(11-23)29-19-21-17(22-24(14)19)12-4-6-13(27-2)7-5-12/h4-7H,3,8-11H2,1-2H3,(H,20,26). The number of nitrogens with one attached hydrogen (secondary N) is 1. The summed E-state index contributed by atoms with van der Waals surface area (Å²) in [5.74, 6) is 1.01. The first-order valence-electron chi connectivity index (χ1n) is 9.29. The van der Waals surface area contributed by atoms with Gasteiger partial charge in [-0.15, -0.1) is 5.10 Å². The summed E-state index contributed by atoms with van der Waals surface area (Å²) in [6.07, 6.45) is 0.674. The van der Waals surface area contributed by atoms with Crippen molar-refractivity contribution >= 4 is 28.3 Å². The molecule has 0 saturated heterocycles. The summed E-state index contributed by atoms with van der Waals surface area (Å²) in [6.45, 7) is 2.91. The van der Waals surface area contributed by atoms with Crippen LogP contribution in [0.15, 0.2) is 24.3 Å². The van der Waals surface area contributed by atoms with Crippen LogP contribution in [0.1, 0.15) is 17.5 Å². The highest BCUT2D eigenvalue weighted by molar-refractivity contribution is 7.17. The van der Waals surface area contributed by atoms with Crippen molar-refractivity contribution < 1.29 is 19.1 Å². The number of hydrogen-bond donors (Lipinski definition) is 1. The number of nitrogens with zero attached hydrogens (tertiary/aromatic N) is 4. The van der Waals surface area contributed by atoms with Crippen LogP contribution in [0.2, 0.25) is 0 Å². The Kier molecular flexibility index (Phi) is 5.34. The number of carbonyl (C=O) groups is 2. The minimum Gasteiger partial charge on any atom is -0.497 e. The fourth-order valence-corrected chi connectivity index (χ4v) is 4.31. The Labute approximate surface area is 171 Å². The van der Waals surface area contributed by atoms with Gasteiger partial charge in [-0.1, -0.05) is 11.3 Å².